The van der Waals surface area contributed by atoms with Gasteiger partial charge in [0, 0.05) is 0 Å². The van der Waals surface area contributed by atoms with Crippen LogP contribution in [-0.4, -0.2) is 44.3 Å². The molecule has 0 radical (unpaired) electrons. The maximum atomic E-state index is 11.9. The van der Waals surface area contributed by atoms with Crippen LogP contribution in [0.2, 0.25) is 0 Å². The van der Waals surface area contributed by atoms with Gasteiger partial charge in [-0.05, 0) is 44.3 Å². The molecule has 1 aliphatic heterocycles. The first-order valence-corrected chi connectivity index (χ1v) is 7.95. The molecule has 0 aliphatic carbocycles. The lowest BCUT2D eigenvalue weighted by Crippen LogP contribution is -2.34. The second-order valence-corrected chi connectivity index (χ2v) is 5.61. The molecule has 6 nitrogen and oxygen atoms in total. The maximum Gasteiger partial charge on any atom is 0.341 e. The van der Waals surface area contributed by atoms with Crippen LogP contribution in [-0.2, 0) is 14.3 Å². The van der Waals surface area contributed by atoms with Crippen LogP contribution in [0.1, 0.15) is 30.1 Å². The van der Waals surface area contributed by atoms with Gasteiger partial charge in [0.2, 0.25) is 0 Å². The molecule has 1 saturated heterocycles. The molecule has 1 aromatic rings. The standard InChI is InChI=1S/C14H20N2O4S/c1-2-19-14(18)11-5-8-21-13(11)16-12(17)9-20-10-3-6-15-7-4-10/h5,8,10,15H,2-4,6-7,9H2,1H3,(H,16,17). The lowest BCUT2D eigenvalue weighted by Gasteiger charge is -2.22. The molecular weight excluding hydrogens is 292 g/mol. The van der Waals surface area contributed by atoms with E-state index in [1.807, 2.05) is 0 Å². The summed E-state index contributed by atoms with van der Waals surface area (Å²) in [4.78, 5) is 23.6. The molecule has 0 atom stereocenters. The molecule has 2 heterocycles. The Morgan fingerprint density at radius 3 is 2.90 bits per heavy atom. The normalized spacial score (nSPS) is 15.7. The van der Waals surface area contributed by atoms with E-state index in [2.05, 4.69) is 10.6 Å². The third-order valence-electron chi connectivity index (χ3n) is 3.15. The summed E-state index contributed by atoms with van der Waals surface area (Å²) < 4.78 is 10.5. The van der Waals surface area contributed by atoms with E-state index in [9.17, 15) is 9.59 Å². The molecule has 0 unspecified atom stereocenters. The summed E-state index contributed by atoms with van der Waals surface area (Å²) in [6, 6.07) is 1.64. The first-order valence-electron chi connectivity index (χ1n) is 7.07. The minimum atomic E-state index is -0.423. The number of anilines is 1. The van der Waals surface area contributed by atoms with Crippen molar-refractivity contribution in [3.63, 3.8) is 0 Å². The van der Waals surface area contributed by atoms with Crippen LogP contribution in [0.3, 0.4) is 0 Å². The van der Waals surface area contributed by atoms with Crippen molar-refractivity contribution in [1.29, 1.82) is 0 Å². The van der Waals surface area contributed by atoms with Gasteiger partial charge in [0.05, 0.1) is 18.3 Å². The molecule has 1 aliphatic rings. The lowest BCUT2D eigenvalue weighted by molar-refractivity contribution is -0.123. The first-order chi connectivity index (χ1) is 10.2. The van der Waals surface area contributed by atoms with Gasteiger partial charge in [-0.25, -0.2) is 4.79 Å². The average molecular weight is 312 g/mol. The van der Waals surface area contributed by atoms with Crippen molar-refractivity contribution in [3.05, 3.63) is 17.0 Å². The molecular formula is C14H20N2O4S. The Morgan fingerprint density at radius 1 is 1.43 bits per heavy atom. The van der Waals surface area contributed by atoms with Gasteiger partial charge in [0.15, 0.2) is 0 Å². The van der Waals surface area contributed by atoms with Gasteiger partial charge in [0.25, 0.3) is 5.91 Å². The Morgan fingerprint density at radius 2 is 2.19 bits per heavy atom. The zero-order chi connectivity index (χ0) is 15.1. The molecule has 116 valence electrons. The van der Waals surface area contributed by atoms with E-state index in [1.54, 1.807) is 18.4 Å². The summed E-state index contributed by atoms with van der Waals surface area (Å²) in [7, 11) is 0. The highest BCUT2D eigenvalue weighted by Gasteiger charge is 2.18. The van der Waals surface area contributed by atoms with Crippen LogP contribution in [0.5, 0.6) is 0 Å². The molecule has 0 aromatic carbocycles. The van der Waals surface area contributed by atoms with E-state index in [0.717, 1.165) is 25.9 Å². The van der Waals surface area contributed by atoms with Crippen molar-refractivity contribution in [2.24, 2.45) is 0 Å². The minimum Gasteiger partial charge on any atom is -0.462 e. The molecule has 2 N–H and O–H groups in total. The Bertz CT molecular complexity index is 483. The summed E-state index contributed by atoms with van der Waals surface area (Å²) in [5, 5.41) is 8.20. The van der Waals surface area contributed by atoms with E-state index in [4.69, 9.17) is 9.47 Å². The van der Waals surface area contributed by atoms with Gasteiger partial charge >= 0.3 is 5.97 Å². The van der Waals surface area contributed by atoms with Crippen molar-refractivity contribution >= 4 is 28.2 Å². The highest BCUT2D eigenvalue weighted by atomic mass is 32.1. The first kappa shape index (κ1) is 15.9. The molecule has 21 heavy (non-hydrogen) atoms. The molecule has 0 spiro atoms. The fraction of sp³-hybridized carbons (Fsp3) is 0.571. The van der Waals surface area contributed by atoms with Crippen molar-refractivity contribution in [3.8, 4) is 0 Å². The number of amides is 1. The van der Waals surface area contributed by atoms with E-state index in [0.29, 0.717) is 17.2 Å². The third kappa shape index (κ3) is 4.80. The van der Waals surface area contributed by atoms with Crippen LogP contribution in [0.15, 0.2) is 11.4 Å². The van der Waals surface area contributed by atoms with Crippen molar-refractivity contribution in [2.75, 3.05) is 31.6 Å². The molecule has 1 fully saturated rings. The van der Waals surface area contributed by atoms with Crippen LogP contribution in [0.4, 0.5) is 5.00 Å². The largest absolute Gasteiger partial charge is 0.462 e. The summed E-state index contributed by atoms with van der Waals surface area (Å²) in [5.74, 6) is -0.671. The summed E-state index contributed by atoms with van der Waals surface area (Å²) in [6.07, 6.45) is 1.96. The number of hydrogen-bond acceptors (Lipinski definition) is 6. The van der Waals surface area contributed by atoms with Crippen LogP contribution < -0.4 is 10.6 Å². The quantitative estimate of drug-likeness (QED) is 0.781. The molecule has 2 rings (SSSR count). The van der Waals surface area contributed by atoms with E-state index >= 15 is 0 Å². The van der Waals surface area contributed by atoms with Crippen LogP contribution >= 0.6 is 11.3 Å². The van der Waals surface area contributed by atoms with Gasteiger partial charge in [0.1, 0.15) is 11.6 Å². The summed E-state index contributed by atoms with van der Waals surface area (Å²) in [6.45, 7) is 3.90. The Balaban J connectivity index is 1.82. The highest BCUT2D eigenvalue weighted by Crippen LogP contribution is 2.24. The smallest absolute Gasteiger partial charge is 0.341 e. The molecule has 0 bridgehead atoms. The van der Waals surface area contributed by atoms with Gasteiger partial charge in [-0.3, -0.25) is 4.79 Å². The topological polar surface area (TPSA) is 76.7 Å². The number of piperidine rings is 1. The van der Waals surface area contributed by atoms with E-state index < -0.39 is 5.97 Å². The van der Waals surface area contributed by atoms with Crippen LogP contribution in [0.25, 0.3) is 0 Å². The van der Waals surface area contributed by atoms with Gasteiger partial charge in [-0.1, -0.05) is 0 Å². The predicted molar refractivity (Wildman–Crippen MR) is 80.7 cm³/mol. The number of hydrogen-bond donors (Lipinski definition) is 2. The number of esters is 1. The molecule has 0 saturated carbocycles. The van der Waals surface area contributed by atoms with Crippen molar-refractivity contribution in [1.82, 2.24) is 5.32 Å². The zero-order valence-electron chi connectivity index (χ0n) is 12.0. The second kappa shape index (κ2) is 8.11. The summed E-state index contributed by atoms with van der Waals surface area (Å²) >= 11 is 1.30. The number of carbonyl (C=O) groups excluding carboxylic acids is 2. The van der Waals surface area contributed by atoms with Gasteiger partial charge < -0.3 is 20.1 Å². The molecule has 7 heteroatoms. The van der Waals surface area contributed by atoms with Gasteiger partial charge in [-0.15, -0.1) is 11.3 Å². The number of ether oxygens (including phenoxy) is 2. The fourth-order valence-corrected chi connectivity index (χ4v) is 2.89. The average Bonchev–Trinajstić information content (AvgIpc) is 2.95. The number of carbonyl (C=O) groups is 2. The van der Waals surface area contributed by atoms with Crippen molar-refractivity contribution < 1.29 is 19.1 Å². The second-order valence-electron chi connectivity index (χ2n) is 4.69. The maximum absolute atomic E-state index is 11.9. The Hall–Kier alpha value is -1.44. The lowest BCUT2D eigenvalue weighted by atomic mass is 10.1. The fourth-order valence-electron chi connectivity index (χ4n) is 2.09. The molecule has 1 aromatic heterocycles. The monoisotopic (exact) mass is 312 g/mol. The minimum absolute atomic E-state index is 0.00479. The van der Waals surface area contributed by atoms with Crippen molar-refractivity contribution in [2.45, 2.75) is 25.9 Å². The van der Waals surface area contributed by atoms with Crippen LogP contribution in [0, 0.1) is 0 Å². The number of rotatable bonds is 6. The van der Waals surface area contributed by atoms with E-state index in [1.165, 1.54) is 11.3 Å². The SMILES string of the molecule is CCOC(=O)c1ccsc1NC(=O)COC1CCNCC1. The third-order valence-corrected chi connectivity index (χ3v) is 3.98. The number of nitrogens with one attached hydrogen (secondary N) is 2. The van der Waals surface area contributed by atoms with Gasteiger partial charge in [-0.2, -0.15) is 0 Å². The predicted octanol–water partition coefficient (Wildman–Crippen LogP) is 1.63. The summed E-state index contributed by atoms with van der Waals surface area (Å²) in [5.41, 5.74) is 0.386. The molecule has 1 amide bonds. The Labute approximate surface area is 127 Å². The van der Waals surface area contributed by atoms with E-state index in [-0.39, 0.29) is 18.6 Å². The highest BCUT2D eigenvalue weighted by molar-refractivity contribution is 7.14. The Kier molecular flexibility index (Phi) is 6.16. The zero-order valence-corrected chi connectivity index (χ0v) is 12.8. The number of thiophene rings is 1.